The number of piperazine rings is 1. The number of hydrogen-bond acceptors (Lipinski definition) is 9. The van der Waals surface area contributed by atoms with Crippen molar-refractivity contribution in [3.05, 3.63) is 81.5 Å². The summed E-state index contributed by atoms with van der Waals surface area (Å²) in [6.07, 6.45) is -0.701. The molecule has 3 aromatic rings. The first-order valence-corrected chi connectivity index (χ1v) is 13.5. The first kappa shape index (κ1) is 29.9. The summed E-state index contributed by atoms with van der Waals surface area (Å²) in [5, 5.41) is 11.7. The third-order valence-electron chi connectivity index (χ3n) is 6.95. The fourth-order valence-corrected chi connectivity index (χ4v) is 4.81. The maximum absolute atomic E-state index is 13.9. The second-order valence-corrected chi connectivity index (χ2v) is 9.64. The van der Waals surface area contributed by atoms with Gasteiger partial charge in [-0.1, -0.05) is 36.4 Å². The number of hydrogen-bond donors (Lipinski definition) is 1. The molecule has 0 bridgehead atoms. The molecule has 0 aliphatic carbocycles. The average molecular weight is 578 g/mol. The Morgan fingerprint density at radius 1 is 1.00 bits per heavy atom. The Kier molecular flexibility index (Phi) is 9.63. The van der Waals surface area contributed by atoms with Crippen LogP contribution in [-0.2, 0) is 25.7 Å². The zero-order valence-corrected chi connectivity index (χ0v) is 23.1. The lowest BCUT2D eigenvalue weighted by atomic mass is 9.91. The van der Waals surface area contributed by atoms with E-state index in [0.717, 1.165) is 5.56 Å². The third-order valence-corrected chi connectivity index (χ3v) is 6.95. The Morgan fingerprint density at radius 3 is 2.33 bits per heavy atom. The second kappa shape index (κ2) is 13.5. The Bertz CT molecular complexity index is 1490. The van der Waals surface area contributed by atoms with Crippen molar-refractivity contribution in [2.45, 2.75) is 32.3 Å². The highest BCUT2D eigenvalue weighted by Gasteiger charge is 2.34. The predicted octanol–water partition coefficient (Wildman–Crippen LogP) is 3.15. The molecule has 13 nitrogen and oxygen atoms in total. The van der Waals surface area contributed by atoms with Gasteiger partial charge in [-0.25, -0.2) is 4.79 Å². The van der Waals surface area contributed by atoms with Crippen LogP contribution in [0.5, 0.6) is 0 Å². The molecule has 220 valence electrons. The third kappa shape index (κ3) is 6.97. The molecule has 1 aliphatic heterocycles. The van der Waals surface area contributed by atoms with Crippen LogP contribution in [0.4, 0.5) is 10.5 Å². The molecule has 13 heteroatoms. The summed E-state index contributed by atoms with van der Waals surface area (Å²) in [6.45, 7) is 2.83. The molecule has 0 saturated carbocycles. The number of fused-ring (bicyclic) bond motifs is 1. The van der Waals surface area contributed by atoms with E-state index in [1.54, 1.807) is 6.92 Å². The summed E-state index contributed by atoms with van der Waals surface area (Å²) in [5.74, 6) is -2.99. The van der Waals surface area contributed by atoms with Gasteiger partial charge in [0.15, 0.2) is 0 Å². The van der Waals surface area contributed by atoms with E-state index in [1.807, 2.05) is 30.3 Å². The van der Waals surface area contributed by atoms with Gasteiger partial charge in [-0.05, 0) is 31.0 Å². The number of nitro benzene ring substituents is 1. The summed E-state index contributed by atoms with van der Waals surface area (Å²) in [6, 6.07) is 14.6. The van der Waals surface area contributed by atoms with Gasteiger partial charge in [-0.2, -0.15) is 0 Å². The lowest BCUT2D eigenvalue weighted by molar-refractivity contribution is -0.383. The number of carbonyl (C=O) groups excluding carboxylic acids is 4. The summed E-state index contributed by atoms with van der Waals surface area (Å²) in [5.41, 5.74) is 6.26. The number of esters is 1. The Hall–Kier alpha value is -5.07. The first-order valence-electron chi connectivity index (χ1n) is 13.5. The van der Waals surface area contributed by atoms with Gasteiger partial charge in [0.1, 0.15) is 6.61 Å². The molecule has 42 heavy (non-hydrogen) atoms. The van der Waals surface area contributed by atoms with Crippen LogP contribution in [-0.4, -0.2) is 76.4 Å². The lowest BCUT2D eigenvalue weighted by Gasteiger charge is -2.36. The fourth-order valence-electron chi connectivity index (χ4n) is 4.81. The van der Waals surface area contributed by atoms with Crippen molar-refractivity contribution < 1.29 is 33.6 Å². The number of ether oxygens (including phenoxy) is 2. The Balaban J connectivity index is 1.63. The SMILES string of the molecule is CCOC(=O)N1CCN(C(=O)C(CCC(=O)OCc2ccccc2)c2nc3cccc([N+](=O)[O-])c3cc2C(N)=O)CC1. The first-order chi connectivity index (χ1) is 20.2. The zero-order valence-electron chi connectivity index (χ0n) is 23.1. The molecule has 2 aromatic carbocycles. The number of nitro groups is 1. The number of benzene rings is 2. The van der Waals surface area contributed by atoms with Crippen molar-refractivity contribution >= 4 is 40.5 Å². The number of primary amides is 1. The zero-order chi connectivity index (χ0) is 30.2. The molecule has 1 fully saturated rings. The van der Waals surface area contributed by atoms with Crippen molar-refractivity contribution in [1.82, 2.24) is 14.8 Å². The average Bonchev–Trinajstić information content (AvgIpc) is 2.99. The quantitative estimate of drug-likeness (QED) is 0.215. The van der Waals surface area contributed by atoms with Gasteiger partial charge in [0.25, 0.3) is 11.6 Å². The molecule has 4 rings (SSSR count). The molecular formula is C29H31N5O8. The largest absolute Gasteiger partial charge is 0.461 e. The van der Waals surface area contributed by atoms with Crippen LogP contribution >= 0.6 is 0 Å². The van der Waals surface area contributed by atoms with E-state index in [1.165, 1.54) is 34.1 Å². The van der Waals surface area contributed by atoms with E-state index in [4.69, 9.17) is 15.2 Å². The van der Waals surface area contributed by atoms with E-state index in [-0.39, 0.29) is 80.1 Å². The Labute approximate surface area is 241 Å². The van der Waals surface area contributed by atoms with Gasteiger partial charge >= 0.3 is 12.1 Å². The van der Waals surface area contributed by atoms with Crippen LogP contribution in [0.2, 0.25) is 0 Å². The van der Waals surface area contributed by atoms with Crippen molar-refractivity contribution in [2.75, 3.05) is 32.8 Å². The maximum atomic E-state index is 13.9. The highest BCUT2D eigenvalue weighted by atomic mass is 16.6. The number of rotatable bonds is 10. The molecule has 1 aliphatic rings. The minimum atomic E-state index is -1.09. The van der Waals surface area contributed by atoms with Crippen LogP contribution < -0.4 is 5.73 Å². The summed E-state index contributed by atoms with van der Waals surface area (Å²) < 4.78 is 10.4. The summed E-state index contributed by atoms with van der Waals surface area (Å²) in [7, 11) is 0. The molecule has 1 aromatic heterocycles. The highest BCUT2D eigenvalue weighted by Crippen LogP contribution is 2.32. The van der Waals surface area contributed by atoms with Crippen molar-refractivity contribution in [3.63, 3.8) is 0 Å². The van der Waals surface area contributed by atoms with Crippen molar-refractivity contribution in [1.29, 1.82) is 0 Å². The van der Waals surface area contributed by atoms with E-state index >= 15 is 0 Å². The number of carbonyl (C=O) groups is 4. The number of nitrogens with zero attached hydrogens (tertiary/aromatic N) is 4. The number of nitrogens with two attached hydrogens (primary N) is 1. The monoisotopic (exact) mass is 577 g/mol. The topological polar surface area (TPSA) is 175 Å². The molecule has 1 atom stereocenters. The molecule has 2 heterocycles. The molecular weight excluding hydrogens is 546 g/mol. The molecule has 1 saturated heterocycles. The van der Waals surface area contributed by atoms with Gasteiger partial charge in [0, 0.05) is 38.7 Å². The van der Waals surface area contributed by atoms with E-state index in [0.29, 0.717) is 0 Å². The maximum Gasteiger partial charge on any atom is 0.409 e. The minimum absolute atomic E-state index is 0.0178. The Morgan fingerprint density at radius 2 is 1.69 bits per heavy atom. The van der Waals surface area contributed by atoms with Gasteiger partial charge in [0.2, 0.25) is 5.91 Å². The highest BCUT2D eigenvalue weighted by molar-refractivity contribution is 6.01. The number of non-ortho nitro benzene ring substituents is 1. The second-order valence-electron chi connectivity index (χ2n) is 9.64. The van der Waals surface area contributed by atoms with E-state index in [2.05, 4.69) is 4.98 Å². The van der Waals surface area contributed by atoms with Gasteiger partial charge in [0.05, 0.1) is 39.6 Å². The number of pyridine rings is 1. The van der Waals surface area contributed by atoms with Crippen LogP contribution in [0, 0.1) is 10.1 Å². The smallest absolute Gasteiger partial charge is 0.409 e. The summed E-state index contributed by atoms with van der Waals surface area (Å²) in [4.78, 5) is 69.8. The van der Waals surface area contributed by atoms with Crippen LogP contribution in [0.15, 0.2) is 54.6 Å². The minimum Gasteiger partial charge on any atom is -0.461 e. The molecule has 2 N–H and O–H groups in total. The summed E-state index contributed by atoms with van der Waals surface area (Å²) >= 11 is 0. The van der Waals surface area contributed by atoms with Crippen molar-refractivity contribution in [2.24, 2.45) is 5.73 Å². The van der Waals surface area contributed by atoms with Gasteiger partial charge in [-0.15, -0.1) is 0 Å². The number of aromatic nitrogens is 1. The van der Waals surface area contributed by atoms with Gasteiger partial charge < -0.3 is 25.0 Å². The number of amides is 3. The van der Waals surface area contributed by atoms with E-state index in [9.17, 15) is 29.3 Å². The standard InChI is InChI=1S/C29H31N5O8/c1-2-41-29(38)33-15-13-32(14-16-33)28(37)20(11-12-25(35)42-18-19-7-4-3-5-8-19)26-22(27(30)36)17-21-23(31-26)9-6-10-24(21)34(39)40/h3-10,17,20H,2,11-16,18H2,1H3,(H2,30,36). The lowest BCUT2D eigenvalue weighted by Crippen LogP contribution is -2.52. The van der Waals surface area contributed by atoms with Gasteiger partial charge in [-0.3, -0.25) is 29.5 Å². The van der Waals surface area contributed by atoms with Crippen molar-refractivity contribution in [3.8, 4) is 0 Å². The molecule has 3 amide bonds. The predicted molar refractivity (Wildman–Crippen MR) is 150 cm³/mol. The molecule has 1 unspecified atom stereocenters. The van der Waals surface area contributed by atoms with Crippen LogP contribution in [0.1, 0.15) is 47.3 Å². The van der Waals surface area contributed by atoms with E-state index < -0.39 is 34.7 Å². The molecule has 0 radical (unpaired) electrons. The molecule has 0 spiro atoms. The van der Waals surface area contributed by atoms with Crippen LogP contribution in [0.3, 0.4) is 0 Å². The van der Waals surface area contributed by atoms with Crippen LogP contribution in [0.25, 0.3) is 10.9 Å². The normalized spacial score (nSPS) is 13.8. The fraction of sp³-hybridized carbons (Fsp3) is 0.345.